The maximum absolute atomic E-state index is 13.7. The molecule has 0 bridgehead atoms. The van der Waals surface area contributed by atoms with E-state index in [9.17, 15) is 14.4 Å². The monoisotopic (exact) mass is 557 g/mol. The summed E-state index contributed by atoms with van der Waals surface area (Å²) in [6.45, 7) is 6.16. The van der Waals surface area contributed by atoms with Gasteiger partial charge in [0.05, 0.1) is 19.1 Å². The van der Waals surface area contributed by atoms with E-state index in [4.69, 9.17) is 9.47 Å². The molecular formula is C31H35N5O5. The van der Waals surface area contributed by atoms with Crippen molar-refractivity contribution < 1.29 is 14.3 Å². The van der Waals surface area contributed by atoms with Crippen LogP contribution in [0.3, 0.4) is 0 Å². The summed E-state index contributed by atoms with van der Waals surface area (Å²) in [5, 5.41) is 3.17. The number of ether oxygens (including phenoxy) is 2. The fraction of sp³-hybridized carbons (Fsp3) is 0.387. The first-order valence-electron chi connectivity index (χ1n) is 13.8. The summed E-state index contributed by atoms with van der Waals surface area (Å²) in [6, 6.07) is 11.7. The third-order valence-corrected chi connectivity index (χ3v) is 7.69. The van der Waals surface area contributed by atoms with E-state index in [0.29, 0.717) is 30.8 Å². The summed E-state index contributed by atoms with van der Waals surface area (Å²) in [6.07, 6.45) is 10.1. The van der Waals surface area contributed by atoms with Crippen LogP contribution in [0.2, 0.25) is 0 Å². The van der Waals surface area contributed by atoms with Gasteiger partial charge in [0.25, 0.3) is 0 Å². The quantitative estimate of drug-likeness (QED) is 0.375. The Labute approximate surface area is 238 Å². The molecule has 1 aromatic carbocycles. The van der Waals surface area contributed by atoms with Crippen molar-refractivity contribution in [2.24, 2.45) is 5.41 Å². The average molecular weight is 558 g/mol. The molecule has 10 nitrogen and oxygen atoms in total. The number of anilines is 1. The molecule has 1 atom stereocenters. The number of rotatable bonds is 10. The van der Waals surface area contributed by atoms with Crippen LogP contribution in [0.5, 0.6) is 5.88 Å². The van der Waals surface area contributed by atoms with Crippen LogP contribution in [-0.4, -0.2) is 37.8 Å². The molecule has 1 unspecified atom stereocenters. The molecule has 0 radical (unpaired) electrons. The lowest BCUT2D eigenvalue weighted by Crippen LogP contribution is -2.45. The maximum atomic E-state index is 13.7. The minimum absolute atomic E-state index is 0.0654. The Morgan fingerprint density at radius 3 is 2.39 bits per heavy atom. The molecule has 1 fully saturated rings. The Kier molecular flexibility index (Phi) is 7.66. The molecule has 2 aliphatic rings. The van der Waals surface area contributed by atoms with Gasteiger partial charge >= 0.3 is 17.3 Å². The lowest BCUT2D eigenvalue weighted by molar-refractivity contribution is -0.147. The fourth-order valence-electron chi connectivity index (χ4n) is 4.81. The number of pyridine rings is 1. The second-order valence-corrected chi connectivity index (χ2v) is 11.0. The van der Waals surface area contributed by atoms with Crippen LogP contribution in [0, 0.1) is 12.3 Å². The van der Waals surface area contributed by atoms with Gasteiger partial charge in [-0.3, -0.25) is 9.36 Å². The zero-order chi connectivity index (χ0) is 29.2. The van der Waals surface area contributed by atoms with Crippen LogP contribution in [0.1, 0.15) is 49.8 Å². The van der Waals surface area contributed by atoms with Gasteiger partial charge in [0.2, 0.25) is 11.8 Å². The molecule has 0 saturated heterocycles. The van der Waals surface area contributed by atoms with Gasteiger partial charge in [-0.15, -0.1) is 0 Å². The van der Waals surface area contributed by atoms with E-state index in [1.165, 1.54) is 11.7 Å². The highest BCUT2D eigenvalue weighted by molar-refractivity contribution is 5.79. The number of benzene rings is 1. The topological polar surface area (TPSA) is 117 Å². The number of methoxy groups -OCH3 is 1. The summed E-state index contributed by atoms with van der Waals surface area (Å²) in [7, 11) is 1.31. The lowest BCUT2D eigenvalue weighted by Gasteiger charge is -2.29. The van der Waals surface area contributed by atoms with E-state index in [2.05, 4.69) is 22.2 Å². The molecule has 41 heavy (non-hydrogen) atoms. The third-order valence-electron chi connectivity index (χ3n) is 7.69. The molecule has 0 amide bonds. The number of carbonyl (C=O) groups excluding carboxylic acids is 1. The van der Waals surface area contributed by atoms with Gasteiger partial charge in [-0.25, -0.2) is 19.1 Å². The van der Waals surface area contributed by atoms with Gasteiger partial charge < -0.3 is 14.8 Å². The van der Waals surface area contributed by atoms with Crippen molar-refractivity contribution in [2.75, 3.05) is 12.4 Å². The van der Waals surface area contributed by atoms with Crippen LogP contribution in [-0.2, 0) is 29.0 Å². The zero-order valence-electron chi connectivity index (χ0n) is 23.8. The van der Waals surface area contributed by atoms with E-state index in [0.717, 1.165) is 27.7 Å². The number of aryl methyl sites for hydroxylation is 2. The number of nitrogens with one attached hydrogen (secondary N) is 1. The van der Waals surface area contributed by atoms with E-state index in [1.807, 2.05) is 74.7 Å². The van der Waals surface area contributed by atoms with E-state index >= 15 is 0 Å². The molecule has 214 valence electrons. The highest BCUT2D eigenvalue weighted by atomic mass is 16.5. The molecule has 2 aromatic heterocycles. The van der Waals surface area contributed by atoms with Crippen molar-refractivity contribution in [1.29, 1.82) is 0 Å². The second kappa shape index (κ2) is 11.2. The molecule has 1 N–H and O–H groups in total. The molecule has 1 saturated carbocycles. The van der Waals surface area contributed by atoms with Crippen LogP contribution >= 0.6 is 0 Å². The van der Waals surface area contributed by atoms with Gasteiger partial charge in [-0.2, -0.15) is 4.98 Å². The maximum Gasteiger partial charge on any atom is 0.354 e. The molecule has 3 aromatic rings. The number of nitrogens with zero attached hydrogens (tertiary/aromatic N) is 4. The Morgan fingerprint density at radius 1 is 1.07 bits per heavy atom. The summed E-state index contributed by atoms with van der Waals surface area (Å²) in [5.41, 5.74) is 1.04. The SMILES string of the molecule is CCc1ccc(OC2(C)C=CC(Nc3nc(=O)n(CC4(C(=O)OC)CC4)c(=O)n3Cc3ccc(C)cc3)=CC2)nc1. The average Bonchev–Trinajstić information content (AvgIpc) is 3.76. The lowest BCUT2D eigenvalue weighted by atomic mass is 9.96. The van der Waals surface area contributed by atoms with Crippen molar-refractivity contribution in [3.63, 3.8) is 0 Å². The number of esters is 1. The molecule has 0 spiro atoms. The van der Waals surface area contributed by atoms with Crippen LogP contribution in [0.25, 0.3) is 0 Å². The van der Waals surface area contributed by atoms with Gasteiger partial charge in [-0.05, 0) is 56.4 Å². The van der Waals surface area contributed by atoms with Gasteiger partial charge in [0.15, 0.2) is 0 Å². The highest BCUT2D eigenvalue weighted by Gasteiger charge is 2.52. The highest BCUT2D eigenvalue weighted by Crippen LogP contribution is 2.47. The summed E-state index contributed by atoms with van der Waals surface area (Å²) in [4.78, 5) is 47.8. The number of allylic oxidation sites excluding steroid dienone is 1. The smallest absolute Gasteiger partial charge is 0.354 e. The Balaban J connectivity index is 1.41. The normalized spacial score (nSPS) is 18.9. The molecule has 5 rings (SSSR count). The predicted molar refractivity (Wildman–Crippen MR) is 155 cm³/mol. The van der Waals surface area contributed by atoms with Crippen LogP contribution < -0.4 is 21.4 Å². The van der Waals surface area contributed by atoms with Crippen LogP contribution in [0.4, 0.5) is 5.95 Å². The molecular weight excluding hydrogens is 522 g/mol. The van der Waals surface area contributed by atoms with E-state index in [1.54, 1.807) is 0 Å². The predicted octanol–water partition coefficient (Wildman–Crippen LogP) is 3.77. The second-order valence-electron chi connectivity index (χ2n) is 11.0. The zero-order valence-corrected chi connectivity index (χ0v) is 23.8. The first-order valence-corrected chi connectivity index (χ1v) is 13.8. The minimum atomic E-state index is -0.860. The Morgan fingerprint density at radius 2 is 1.80 bits per heavy atom. The fourth-order valence-corrected chi connectivity index (χ4v) is 4.81. The van der Waals surface area contributed by atoms with Crippen molar-refractivity contribution in [3.8, 4) is 5.88 Å². The van der Waals surface area contributed by atoms with Gasteiger partial charge in [0, 0.05) is 30.9 Å². The molecule has 2 heterocycles. The Bertz CT molecular complexity index is 1610. The summed E-state index contributed by atoms with van der Waals surface area (Å²) >= 11 is 0. The van der Waals surface area contributed by atoms with E-state index < -0.39 is 28.4 Å². The van der Waals surface area contributed by atoms with Gasteiger partial charge in [0.1, 0.15) is 5.60 Å². The molecule has 10 heteroatoms. The minimum Gasteiger partial charge on any atom is -0.469 e. The summed E-state index contributed by atoms with van der Waals surface area (Å²) < 4.78 is 13.6. The van der Waals surface area contributed by atoms with E-state index in [-0.39, 0.29) is 19.0 Å². The third kappa shape index (κ3) is 6.16. The molecule has 0 aliphatic heterocycles. The number of carbonyl (C=O) groups is 1. The molecule has 2 aliphatic carbocycles. The van der Waals surface area contributed by atoms with Gasteiger partial charge in [-0.1, -0.05) is 48.9 Å². The number of aromatic nitrogens is 4. The Hall–Kier alpha value is -4.47. The summed E-state index contributed by atoms with van der Waals surface area (Å²) in [5.74, 6) is 0.240. The first kappa shape index (κ1) is 28.1. The van der Waals surface area contributed by atoms with Crippen molar-refractivity contribution in [3.05, 3.63) is 104 Å². The number of hydrogen-bond donors (Lipinski definition) is 1. The van der Waals surface area contributed by atoms with Crippen LogP contribution in [0.15, 0.2) is 76.1 Å². The van der Waals surface area contributed by atoms with Crippen molar-refractivity contribution in [1.82, 2.24) is 19.1 Å². The van der Waals surface area contributed by atoms with Crippen molar-refractivity contribution in [2.45, 2.75) is 65.1 Å². The standard InChI is InChI=1S/C31H35N5O5/c1-5-22-10-11-25(32-18-22)41-30(3)14-12-24(13-15-30)33-27-34-28(38)36(20-31(16-17-31)26(37)40-4)29(39)35(27)19-23-8-6-21(2)7-9-23/h6-14,18H,5,15-17,19-20H2,1-4H3,(H,33,34,38). The largest absolute Gasteiger partial charge is 0.469 e. The number of hydrogen-bond acceptors (Lipinski definition) is 8. The first-order chi connectivity index (χ1) is 19.6. The van der Waals surface area contributed by atoms with Crippen molar-refractivity contribution >= 4 is 11.9 Å².